The molecule has 0 saturated heterocycles. The lowest BCUT2D eigenvalue weighted by molar-refractivity contribution is -0.112. The molecule has 0 aromatic heterocycles. The first kappa shape index (κ1) is 24.2. The van der Waals surface area contributed by atoms with Crippen LogP contribution in [0.1, 0.15) is 88.2 Å². The van der Waals surface area contributed by atoms with E-state index in [0.29, 0.717) is 11.5 Å². The third kappa shape index (κ3) is 5.88. The van der Waals surface area contributed by atoms with E-state index in [1.54, 1.807) is 12.2 Å². The van der Waals surface area contributed by atoms with Crippen LogP contribution in [0.4, 0.5) is 8.78 Å². The van der Waals surface area contributed by atoms with Crippen LogP contribution in [0.3, 0.4) is 0 Å². The second-order valence-corrected chi connectivity index (χ2v) is 9.76. The first-order valence-electron chi connectivity index (χ1n) is 12.0. The summed E-state index contributed by atoms with van der Waals surface area (Å²) in [6, 6.07) is 7.70. The minimum Gasteiger partial charge on any atom is -0.286 e. The average Bonchev–Trinajstić information content (AvgIpc) is 2.79. The summed E-state index contributed by atoms with van der Waals surface area (Å²) >= 11 is 3.86. The van der Waals surface area contributed by atoms with E-state index in [9.17, 15) is 13.6 Å². The molecule has 0 aliphatic heterocycles. The Kier molecular flexibility index (Phi) is 8.95. The molecular weight excluding hydrogens is 410 g/mol. The van der Waals surface area contributed by atoms with E-state index in [1.165, 1.54) is 63.5 Å². The van der Waals surface area contributed by atoms with Gasteiger partial charge in [-0.3, -0.25) is 4.79 Å². The van der Waals surface area contributed by atoms with Crippen LogP contribution in [-0.4, -0.2) is 11.5 Å². The molecule has 1 saturated carbocycles. The number of unbranched alkanes of at least 4 members (excludes halogenated alkanes) is 4. The van der Waals surface area contributed by atoms with Gasteiger partial charge in [0.25, 0.3) is 6.43 Å². The lowest BCUT2D eigenvalue weighted by Crippen LogP contribution is -2.34. The molecule has 1 aromatic rings. The van der Waals surface area contributed by atoms with Gasteiger partial charge in [-0.1, -0.05) is 94.0 Å². The fraction of sp³-hybridized carbons (Fsp3) is 0.593. The summed E-state index contributed by atoms with van der Waals surface area (Å²) < 4.78 is 28.8. The summed E-state index contributed by atoms with van der Waals surface area (Å²) in [5.74, 6) is 0.579. The lowest BCUT2D eigenvalue weighted by Gasteiger charge is -2.36. The smallest absolute Gasteiger partial charge is 0.255 e. The van der Waals surface area contributed by atoms with Crippen LogP contribution < -0.4 is 0 Å². The molecule has 0 heterocycles. The van der Waals surface area contributed by atoms with E-state index in [0.717, 1.165) is 24.3 Å². The molecule has 0 bridgehead atoms. The van der Waals surface area contributed by atoms with Gasteiger partial charge in [0.05, 0.1) is 11.3 Å². The van der Waals surface area contributed by atoms with Gasteiger partial charge < -0.3 is 0 Å². The van der Waals surface area contributed by atoms with Crippen LogP contribution in [-0.2, 0) is 10.2 Å². The summed E-state index contributed by atoms with van der Waals surface area (Å²) in [7, 11) is 0. The number of hydrogen-bond donors (Lipinski definition) is 1. The first-order valence-corrected chi connectivity index (χ1v) is 12.4. The molecule has 2 aliphatic carbocycles. The van der Waals surface area contributed by atoms with E-state index in [4.69, 9.17) is 0 Å². The standard InChI is InChI=1S/C27H36F2OS/c1-2-3-4-5-6-9-20-12-14-21(15-13-20)23-10-7-8-11-24(23)27(26(28)29)18-16-22(17-19-27)25(30)31/h7-8,10-11,16-22,26H,2-6,9,12-15H2,1H3,(H,30,31)/t20-,21-,22?,27?. The second kappa shape index (κ2) is 11.4. The van der Waals surface area contributed by atoms with Gasteiger partial charge in [-0.2, -0.15) is 0 Å². The monoisotopic (exact) mass is 446 g/mol. The summed E-state index contributed by atoms with van der Waals surface area (Å²) in [6.07, 6.45) is 16.1. The molecule has 0 amide bonds. The summed E-state index contributed by atoms with van der Waals surface area (Å²) in [5, 5.41) is -0.323. The fourth-order valence-corrected chi connectivity index (χ4v) is 5.47. The Hall–Kier alpha value is -1.42. The van der Waals surface area contributed by atoms with Crippen molar-refractivity contribution in [3.05, 3.63) is 59.7 Å². The number of thiol groups is 1. The number of halogens is 2. The lowest BCUT2D eigenvalue weighted by atomic mass is 9.69. The first-order chi connectivity index (χ1) is 15.0. The Morgan fingerprint density at radius 3 is 2.29 bits per heavy atom. The minimum atomic E-state index is -2.57. The molecule has 1 fully saturated rings. The topological polar surface area (TPSA) is 17.1 Å². The fourth-order valence-electron chi connectivity index (χ4n) is 5.30. The number of carbonyl (C=O) groups excluding carboxylic acids is 1. The zero-order valence-corrected chi connectivity index (χ0v) is 19.5. The number of benzene rings is 1. The number of carbonyl (C=O) groups is 1. The number of hydrogen-bond acceptors (Lipinski definition) is 1. The highest BCUT2D eigenvalue weighted by atomic mass is 32.1. The van der Waals surface area contributed by atoms with Gasteiger partial charge in [0.2, 0.25) is 0 Å². The van der Waals surface area contributed by atoms with Crippen LogP contribution in [0.2, 0.25) is 0 Å². The van der Waals surface area contributed by atoms with Crippen molar-refractivity contribution in [1.29, 1.82) is 0 Å². The molecule has 1 aromatic carbocycles. The van der Waals surface area contributed by atoms with E-state index < -0.39 is 17.8 Å². The molecule has 0 radical (unpaired) electrons. The van der Waals surface area contributed by atoms with Crippen molar-refractivity contribution >= 4 is 17.7 Å². The van der Waals surface area contributed by atoms with Gasteiger partial charge in [-0.15, -0.1) is 12.6 Å². The highest BCUT2D eigenvalue weighted by Crippen LogP contribution is 2.45. The molecule has 1 nitrogen and oxygen atoms in total. The summed E-state index contributed by atoms with van der Waals surface area (Å²) in [4.78, 5) is 11.6. The van der Waals surface area contributed by atoms with Gasteiger partial charge >= 0.3 is 0 Å². The summed E-state index contributed by atoms with van der Waals surface area (Å²) in [5.41, 5.74) is 0.270. The van der Waals surface area contributed by atoms with Crippen molar-refractivity contribution in [1.82, 2.24) is 0 Å². The van der Waals surface area contributed by atoms with Gasteiger partial charge in [0, 0.05) is 0 Å². The molecule has 0 atom stereocenters. The van der Waals surface area contributed by atoms with Gasteiger partial charge in [-0.05, 0) is 48.6 Å². The van der Waals surface area contributed by atoms with Crippen molar-refractivity contribution in [2.75, 3.05) is 0 Å². The quantitative estimate of drug-likeness (QED) is 0.219. The van der Waals surface area contributed by atoms with Crippen molar-refractivity contribution in [2.24, 2.45) is 11.8 Å². The SMILES string of the molecule is CCCCCCC[C@H]1CC[C@H](c2ccccc2C2(C(F)F)C=CC(C(=O)S)C=C2)CC1. The molecule has 0 N–H and O–H groups in total. The second-order valence-electron chi connectivity index (χ2n) is 9.32. The zero-order chi connectivity index (χ0) is 22.3. The Bertz CT molecular complexity index is 763. The molecule has 0 spiro atoms. The Morgan fingerprint density at radius 2 is 1.68 bits per heavy atom. The van der Waals surface area contributed by atoms with Crippen molar-refractivity contribution in [2.45, 2.75) is 88.9 Å². The maximum atomic E-state index is 14.4. The Labute approximate surface area is 191 Å². The zero-order valence-electron chi connectivity index (χ0n) is 18.6. The molecule has 31 heavy (non-hydrogen) atoms. The average molecular weight is 447 g/mol. The van der Waals surface area contributed by atoms with E-state index in [1.807, 2.05) is 24.3 Å². The third-order valence-corrected chi connectivity index (χ3v) is 7.53. The van der Waals surface area contributed by atoms with Crippen LogP contribution in [0, 0.1) is 11.8 Å². The normalized spacial score (nSPS) is 28.2. The van der Waals surface area contributed by atoms with Crippen LogP contribution in [0.15, 0.2) is 48.6 Å². The van der Waals surface area contributed by atoms with Gasteiger partial charge in [-0.25, -0.2) is 8.78 Å². The highest BCUT2D eigenvalue weighted by molar-refractivity contribution is 7.96. The van der Waals surface area contributed by atoms with Gasteiger partial charge in [0.15, 0.2) is 5.12 Å². The van der Waals surface area contributed by atoms with E-state index >= 15 is 0 Å². The van der Waals surface area contributed by atoms with Crippen molar-refractivity contribution in [3.8, 4) is 0 Å². The van der Waals surface area contributed by atoms with E-state index in [-0.39, 0.29) is 5.12 Å². The number of allylic oxidation sites excluding steroid dienone is 4. The molecular formula is C27H36F2OS. The Balaban J connectivity index is 1.70. The van der Waals surface area contributed by atoms with Crippen LogP contribution >= 0.6 is 12.6 Å². The molecule has 2 aliphatic rings. The molecule has 0 unspecified atom stereocenters. The number of alkyl halides is 2. The van der Waals surface area contributed by atoms with E-state index in [2.05, 4.69) is 19.6 Å². The third-order valence-electron chi connectivity index (χ3n) is 7.23. The molecule has 4 heteroatoms. The minimum absolute atomic E-state index is 0.323. The highest BCUT2D eigenvalue weighted by Gasteiger charge is 2.41. The largest absolute Gasteiger partial charge is 0.286 e. The predicted octanol–water partition coefficient (Wildman–Crippen LogP) is 8.02. The summed E-state index contributed by atoms with van der Waals surface area (Å²) in [6.45, 7) is 2.24. The maximum Gasteiger partial charge on any atom is 0.255 e. The number of rotatable bonds is 10. The van der Waals surface area contributed by atoms with Crippen molar-refractivity contribution < 1.29 is 13.6 Å². The van der Waals surface area contributed by atoms with Crippen LogP contribution in [0.25, 0.3) is 0 Å². The van der Waals surface area contributed by atoms with Crippen LogP contribution in [0.5, 0.6) is 0 Å². The Morgan fingerprint density at radius 1 is 1.03 bits per heavy atom. The van der Waals surface area contributed by atoms with Gasteiger partial charge in [0.1, 0.15) is 0 Å². The molecule has 170 valence electrons. The van der Waals surface area contributed by atoms with Crippen molar-refractivity contribution in [3.63, 3.8) is 0 Å². The predicted molar refractivity (Wildman–Crippen MR) is 128 cm³/mol. The molecule has 3 rings (SSSR count). The maximum absolute atomic E-state index is 14.4.